The SMILES string of the molecule is CC1=[C-]C(C)C=C1C.CC1=[C-]C(C)C=C1C.CC1=[C-]CC=C1.CC1=[C-]CC=C1.C[Si](C)=[Zr+2].C[Si](C)=[Zr+2].[Cl-].[Cl-]. The maximum absolute atomic E-state index is 3.29. The summed E-state index contributed by atoms with van der Waals surface area (Å²) in [7, 11) is 0. The molecule has 0 saturated carbocycles. The second kappa shape index (κ2) is 27.8. The normalized spacial score (nSPS) is 18.9. The number of hydrogen-bond acceptors (Lipinski definition) is 0. The zero-order chi connectivity index (χ0) is 28.3. The van der Waals surface area contributed by atoms with Gasteiger partial charge in [0.2, 0.25) is 0 Å². The second-order valence-electron chi connectivity index (χ2n) is 9.75. The Morgan fingerprint density at radius 3 is 0.947 bits per heavy atom. The van der Waals surface area contributed by atoms with E-state index in [1.54, 1.807) is 46.7 Å². The first-order chi connectivity index (χ1) is 16.6. The van der Waals surface area contributed by atoms with Crippen LogP contribution in [-0.2, 0) is 46.7 Å². The fourth-order valence-corrected chi connectivity index (χ4v) is 3.02. The van der Waals surface area contributed by atoms with Gasteiger partial charge in [0, 0.05) is 0 Å². The Hall–Kier alpha value is 0.700. The Labute approximate surface area is 280 Å². The van der Waals surface area contributed by atoms with Crippen molar-refractivity contribution < 1.29 is 71.5 Å². The van der Waals surface area contributed by atoms with Crippen LogP contribution in [0.25, 0.3) is 0 Å². The van der Waals surface area contributed by atoms with Gasteiger partial charge in [-0.25, -0.2) is 45.6 Å². The van der Waals surface area contributed by atoms with Gasteiger partial charge in [-0.3, -0.25) is 24.3 Å². The van der Waals surface area contributed by atoms with Crippen LogP contribution in [0.1, 0.15) is 68.2 Å². The van der Waals surface area contributed by atoms with Gasteiger partial charge < -0.3 is 24.8 Å². The van der Waals surface area contributed by atoms with E-state index in [1.165, 1.54) is 33.4 Å². The molecule has 208 valence electrons. The Morgan fingerprint density at radius 2 is 0.895 bits per heavy atom. The summed E-state index contributed by atoms with van der Waals surface area (Å²) in [6, 6.07) is 0. The van der Waals surface area contributed by atoms with Crippen molar-refractivity contribution in [2.45, 2.75) is 94.4 Å². The van der Waals surface area contributed by atoms with Crippen molar-refractivity contribution in [1.82, 2.24) is 0 Å². The molecule has 0 saturated heterocycles. The molecule has 0 amide bonds. The van der Waals surface area contributed by atoms with Gasteiger partial charge in [0.05, 0.1) is 0 Å². The van der Waals surface area contributed by atoms with Crippen molar-refractivity contribution in [2.75, 3.05) is 0 Å². The van der Waals surface area contributed by atoms with E-state index in [0.29, 0.717) is 11.8 Å². The summed E-state index contributed by atoms with van der Waals surface area (Å²) in [6.07, 6.45) is 27.7. The van der Waals surface area contributed by atoms with Gasteiger partial charge >= 0.3 is 83.7 Å². The van der Waals surface area contributed by atoms with Crippen LogP contribution in [0.5, 0.6) is 0 Å². The van der Waals surface area contributed by atoms with E-state index in [2.05, 4.69) is 142 Å². The van der Waals surface area contributed by atoms with Crippen LogP contribution in [0.3, 0.4) is 0 Å². The van der Waals surface area contributed by atoms with Gasteiger partial charge in [-0.1, -0.05) is 53.4 Å². The maximum atomic E-state index is 3.29. The minimum absolute atomic E-state index is 0. The molecule has 0 aromatic carbocycles. The Morgan fingerprint density at radius 1 is 0.632 bits per heavy atom. The molecule has 0 heterocycles. The fraction of sp³-hybridized carbons (Fsp3) is 0.500. The van der Waals surface area contributed by atoms with Gasteiger partial charge in [-0.15, -0.1) is 26.7 Å². The third kappa shape index (κ3) is 31.2. The zero-order valence-corrected chi connectivity index (χ0v) is 34.2. The Bertz CT molecular complexity index is 834. The molecule has 4 aliphatic rings. The summed E-state index contributed by atoms with van der Waals surface area (Å²) in [6.45, 7) is 26.1. The minimum Gasteiger partial charge on any atom is -1.00 e. The predicted molar refractivity (Wildman–Crippen MR) is 158 cm³/mol. The van der Waals surface area contributed by atoms with Crippen molar-refractivity contribution in [3.8, 4) is 0 Å². The van der Waals surface area contributed by atoms with Crippen LogP contribution in [-0.4, -0.2) is 10.9 Å². The molecule has 38 heavy (non-hydrogen) atoms. The molecule has 4 aliphatic carbocycles. The van der Waals surface area contributed by atoms with Gasteiger partial charge in [0.1, 0.15) is 0 Å². The van der Waals surface area contributed by atoms with E-state index < -0.39 is 0 Å². The van der Waals surface area contributed by atoms with Crippen molar-refractivity contribution in [3.05, 3.63) is 94.2 Å². The monoisotopic (exact) mass is 738 g/mol. The van der Waals surface area contributed by atoms with Gasteiger partial charge in [-0.2, -0.15) is 24.3 Å². The molecular weight excluding hydrogens is 694 g/mol. The molecule has 0 aromatic rings. The summed E-state index contributed by atoms with van der Waals surface area (Å²) in [5.41, 5.74) is 8.37. The molecule has 0 aromatic heterocycles. The van der Waals surface area contributed by atoms with E-state index in [9.17, 15) is 0 Å². The number of halogens is 2. The van der Waals surface area contributed by atoms with Crippen molar-refractivity contribution in [2.24, 2.45) is 11.8 Å². The average molecular weight is 742 g/mol. The largest absolute Gasteiger partial charge is 1.00 e. The molecule has 0 bridgehead atoms. The average Bonchev–Trinajstić information content (AvgIpc) is 3.51. The molecule has 6 heteroatoms. The quantitative estimate of drug-likeness (QED) is 0.263. The Balaban J connectivity index is -0.000000184. The summed E-state index contributed by atoms with van der Waals surface area (Å²) < 4.78 is 0. The maximum Gasteiger partial charge on any atom is -1.00 e. The molecule has 0 spiro atoms. The van der Waals surface area contributed by atoms with Crippen LogP contribution in [0, 0.1) is 36.1 Å². The summed E-state index contributed by atoms with van der Waals surface area (Å²) in [4.78, 5) is 0. The molecule has 0 N–H and O–H groups in total. The van der Waals surface area contributed by atoms with E-state index >= 15 is 0 Å². The number of hydrogen-bond donors (Lipinski definition) is 0. The van der Waals surface area contributed by atoms with E-state index in [4.69, 9.17) is 0 Å². The predicted octanol–water partition coefficient (Wildman–Crippen LogP) is 3.63. The first-order valence-corrected chi connectivity index (χ1v) is 25.1. The van der Waals surface area contributed by atoms with Gasteiger partial charge in [0.15, 0.2) is 0 Å². The van der Waals surface area contributed by atoms with Crippen molar-refractivity contribution in [3.63, 3.8) is 0 Å². The molecule has 0 fully saturated rings. The molecule has 2 atom stereocenters. The van der Waals surface area contributed by atoms with Crippen molar-refractivity contribution >= 4 is 10.9 Å². The smallest absolute Gasteiger partial charge is 1.00 e. The van der Waals surface area contributed by atoms with Gasteiger partial charge in [-0.05, 0) is 0 Å². The van der Waals surface area contributed by atoms with Crippen molar-refractivity contribution in [1.29, 1.82) is 0 Å². The van der Waals surface area contributed by atoms with Crippen LogP contribution in [0.15, 0.2) is 69.9 Å². The standard InChI is InChI=1S/2C8H11.2C6H7.2C2H6Si.2ClH.2Zr/c2*1-6-4-7(2)8(3)5-6;2*1-6-4-2-3-5-6;2*1-3-2;;;;/h2*4,6H,1-3H3;2*2,4H,3H2,1H3;2*1-2H3;2*1H;;/q4*-1;;;;;2*+2/p-2. The van der Waals surface area contributed by atoms with E-state index in [0.717, 1.165) is 12.8 Å². The molecule has 4 rings (SSSR count). The first-order valence-electron chi connectivity index (χ1n) is 12.7. The van der Waals surface area contributed by atoms with Crippen LogP contribution >= 0.6 is 0 Å². The van der Waals surface area contributed by atoms with Gasteiger partial charge in [0.25, 0.3) is 0 Å². The topological polar surface area (TPSA) is 0 Å². The number of rotatable bonds is 0. The third-order valence-corrected chi connectivity index (χ3v) is 4.80. The minimum atomic E-state index is 0. The molecule has 0 radical (unpaired) electrons. The first kappa shape index (κ1) is 45.7. The second-order valence-corrected chi connectivity index (χ2v) is 28.5. The van der Waals surface area contributed by atoms with E-state index in [-0.39, 0.29) is 35.7 Å². The molecule has 2 unspecified atom stereocenters. The van der Waals surface area contributed by atoms with Crippen LogP contribution in [0.2, 0.25) is 26.2 Å². The molecule has 0 nitrogen and oxygen atoms in total. The van der Waals surface area contributed by atoms with Crippen LogP contribution < -0.4 is 24.8 Å². The zero-order valence-electron chi connectivity index (χ0n) is 25.8. The summed E-state index contributed by atoms with van der Waals surface area (Å²) in [5.74, 6) is 1.10. The summed E-state index contributed by atoms with van der Waals surface area (Å²) in [5, 5.41) is 0. The fourth-order valence-electron chi connectivity index (χ4n) is 3.02. The number of allylic oxidation sites excluding steroid dienone is 16. The molecule has 0 aliphatic heterocycles. The third-order valence-electron chi connectivity index (χ3n) is 4.80. The summed E-state index contributed by atoms with van der Waals surface area (Å²) >= 11 is 3.48. The van der Waals surface area contributed by atoms with Crippen LogP contribution in [0.4, 0.5) is 0 Å². The molecular formula is C32H48Cl2Si2Zr2-2. The Kier molecular flexibility index (Phi) is 33.5. The van der Waals surface area contributed by atoms with E-state index in [1.807, 2.05) is 0 Å².